The van der Waals surface area contributed by atoms with Crippen LogP contribution < -0.4 is 9.80 Å². The molecule has 1 aromatic carbocycles. The molecule has 0 saturated carbocycles. The lowest BCUT2D eigenvalue weighted by atomic mass is 9.89. The topological polar surface area (TPSA) is 65.4 Å². The summed E-state index contributed by atoms with van der Waals surface area (Å²) in [5, 5.41) is 11.6. The zero-order valence-corrected chi connectivity index (χ0v) is 19.6. The van der Waals surface area contributed by atoms with Crippen LogP contribution in [0.2, 0.25) is 0 Å². The number of pyridine rings is 1. The largest absolute Gasteiger partial charge is 0.506 e. The molecule has 2 aliphatic rings. The van der Waals surface area contributed by atoms with Gasteiger partial charge in [0.1, 0.15) is 16.4 Å². The van der Waals surface area contributed by atoms with E-state index in [2.05, 4.69) is 21.7 Å². The van der Waals surface area contributed by atoms with Crippen molar-refractivity contribution in [2.75, 3.05) is 36.0 Å². The normalized spacial score (nSPS) is 18.5. The number of nitrogens with zero attached hydrogens (tertiary/aromatic N) is 5. The number of anilines is 2. The summed E-state index contributed by atoms with van der Waals surface area (Å²) >= 11 is 1.85. The van der Waals surface area contributed by atoms with Gasteiger partial charge in [0.2, 0.25) is 0 Å². The standard InChI is InChI=1S/C26H27N5OS/c1-17-8-9-19-22(15-17)33-26-23(19)25(28-24(29-26)18-5-4-10-27-16-18)31-13-11-30(12-14-31)20-6-2-3-7-21(20)32/h2-7,10,16-17,32H,8-9,11-15H2,1H3/t17-/m1/s1. The van der Waals surface area contributed by atoms with Crippen molar-refractivity contribution < 1.29 is 5.11 Å². The van der Waals surface area contributed by atoms with E-state index in [0.29, 0.717) is 5.75 Å². The average Bonchev–Trinajstić information content (AvgIpc) is 3.22. The number of hydrogen-bond donors (Lipinski definition) is 1. The molecule has 6 rings (SSSR count). The van der Waals surface area contributed by atoms with Crippen molar-refractivity contribution in [1.29, 1.82) is 0 Å². The van der Waals surface area contributed by atoms with Crippen molar-refractivity contribution >= 4 is 33.1 Å². The number of hydrogen-bond acceptors (Lipinski definition) is 7. The Bertz CT molecular complexity index is 1300. The molecule has 3 aromatic heterocycles. The van der Waals surface area contributed by atoms with Gasteiger partial charge in [0.25, 0.3) is 0 Å². The van der Waals surface area contributed by atoms with E-state index in [4.69, 9.17) is 9.97 Å². The Hall–Kier alpha value is -3.19. The van der Waals surface area contributed by atoms with E-state index in [1.807, 2.05) is 47.9 Å². The van der Waals surface area contributed by atoms with E-state index in [1.165, 1.54) is 22.2 Å². The van der Waals surface area contributed by atoms with Crippen LogP contribution in [0.25, 0.3) is 21.6 Å². The minimum absolute atomic E-state index is 0.343. The van der Waals surface area contributed by atoms with E-state index in [-0.39, 0.29) is 0 Å². The summed E-state index contributed by atoms with van der Waals surface area (Å²) in [4.78, 5) is 21.7. The van der Waals surface area contributed by atoms with Crippen LogP contribution in [0.5, 0.6) is 5.75 Å². The first kappa shape index (κ1) is 20.4. The van der Waals surface area contributed by atoms with E-state index in [1.54, 1.807) is 12.3 Å². The Morgan fingerprint density at radius 3 is 2.61 bits per heavy atom. The number of thiophene rings is 1. The molecule has 7 heteroatoms. The second-order valence-electron chi connectivity index (χ2n) is 9.11. The van der Waals surface area contributed by atoms with Gasteiger partial charge in [-0.15, -0.1) is 11.3 Å². The predicted molar refractivity (Wildman–Crippen MR) is 134 cm³/mol. The number of benzene rings is 1. The maximum atomic E-state index is 10.3. The fraction of sp³-hybridized carbons (Fsp3) is 0.346. The van der Waals surface area contributed by atoms with Crippen LogP contribution in [0.15, 0.2) is 48.8 Å². The van der Waals surface area contributed by atoms with Crippen LogP contribution >= 0.6 is 11.3 Å². The molecule has 1 fully saturated rings. The van der Waals surface area contributed by atoms with Crippen molar-refractivity contribution in [3.63, 3.8) is 0 Å². The molecule has 4 heterocycles. The van der Waals surface area contributed by atoms with Crippen molar-refractivity contribution in [1.82, 2.24) is 15.0 Å². The number of phenolic OH excluding ortho intramolecular Hbond substituents is 1. The average molecular weight is 458 g/mol. The lowest BCUT2D eigenvalue weighted by Gasteiger charge is -2.37. The van der Waals surface area contributed by atoms with Gasteiger partial charge in [0, 0.05) is 49.0 Å². The first-order valence-corrected chi connectivity index (χ1v) is 12.5. The minimum Gasteiger partial charge on any atom is -0.506 e. The van der Waals surface area contributed by atoms with Crippen LogP contribution in [0, 0.1) is 5.92 Å². The SMILES string of the molecule is C[C@@H]1CCc2c(sc3nc(-c4cccnc4)nc(N4CCN(c5ccccc5O)CC4)c23)C1. The zero-order chi connectivity index (χ0) is 22.4. The number of aryl methyl sites for hydroxylation is 1. The lowest BCUT2D eigenvalue weighted by molar-refractivity contribution is 0.472. The van der Waals surface area contributed by atoms with E-state index in [9.17, 15) is 5.11 Å². The molecule has 1 atom stereocenters. The van der Waals surface area contributed by atoms with Crippen LogP contribution in [0.3, 0.4) is 0 Å². The smallest absolute Gasteiger partial charge is 0.164 e. The number of para-hydroxylation sites is 2. The summed E-state index contributed by atoms with van der Waals surface area (Å²) in [5.74, 6) is 2.88. The Labute approximate surface area is 197 Å². The quantitative estimate of drug-likeness (QED) is 0.472. The highest BCUT2D eigenvalue weighted by Gasteiger charge is 2.28. The highest BCUT2D eigenvalue weighted by atomic mass is 32.1. The maximum absolute atomic E-state index is 10.3. The van der Waals surface area contributed by atoms with E-state index >= 15 is 0 Å². The van der Waals surface area contributed by atoms with Gasteiger partial charge in [-0.1, -0.05) is 19.1 Å². The predicted octanol–water partition coefficient (Wildman–Crippen LogP) is 4.91. The molecule has 0 bridgehead atoms. The third-order valence-electron chi connectivity index (χ3n) is 6.86. The first-order chi connectivity index (χ1) is 16.2. The van der Waals surface area contributed by atoms with Gasteiger partial charge in [-0.3, -0.25) is 4.98 Å². The van der Waals surface area contributed by atoms with Gasteiger partial charge >= 0.3 is 0 Å². The first-order valence-electron chi connectivity index (χ1n) is 11.7. The van der Waals surface area contributed by atoms with Crippen LogP contribution in [0.4, 0.5) is 11.5 Å². The molecule has 0 amide bonds. The number of piperazine rings is 1. The highest BCUT2D eigenvalue weighted by Crippen LogP contribution is 2.42. The second kappa shape index (κ2) is 8.30. The summed E-state index contributed by atoms with van der Waals surface area (Å²) in [6.07, 6.45) is 7.10. The molecule has 0 spiro atoms. The van der Waals surface area contributed by atoms with Crippen LogP contribution in [0.1, 0.15) is 23.8 Å². The number of aromatic hydroxyl groups is 1. The fourth-order valence-electron chi connectivity index (χ4n) is 5.07. The third kappa shape index (κ3) is 3.70. The highest BCUT2D eigenvalue weighted by molar-refractivity contribution is 7.19. The summed E-state index contributed by atoms with van der Waals surface area (Å²) in [6.45, 7) is 5.74. The molecule has 4 aromatic rings. The van der Waals surface area contributed by atoms with Gasteiger partial charge in [0.15, 0.2) is 5.82 Å². The summed E-state index contributed by atoms with van der Waals surface area (Å²) in [7, 11) is 0. The number of phenols is 1. The van der Waals surface area contributed by atoms with Crippen molar-refractivity contribution in [3.05, 3.63) is 59.2 Å². The van der Waals surface area contributed by atoms with Crippen molar-refractivity contribution in [2.45, 2.75) is 26.2 Å². The molecule has 1 N–H and O–H groups in total. The molecule has 0 radical (unpaired) electrons. The molecular formula is C26H27N5OS. The molecule has 33 heavy (non-hydrogen) atoms. The van der Waals surface area contributed by atoms with Gasteiger partial charge in [-0.05, 0) is 55.0 Å². The number of fused-ring (bicyclic) bond motifs is 3. The van der Waals surface area contributed by atoms with Crippen molar-refractivity contribution in [3.8, 4) is 17.1 Å². The second-order valence-corrected chi connectivity index (χ2v) is 10.2. The summed E-state index contributed by atoms with van der Waals surface area (Å²) < 4.78 is 0. The Balaban J connectivity index is 1.40. The van der Waals surface area contributed by atoms with Gasteiger partial charge in [0.05, 0.1) is 11.1 Å². The van der Waals surface area contributed by atoms with Crippen LogP contribution in [-0.4, -0.2) is 46.2 Å². The summed E-state index contributed by atoms with van der Waals surface area (Å²) in [6, 6.07) is 11.6. The lowest BCUT2D eigenvalue weighted by Crippen LogP contribution is -2.47. The molecule has 0 unspecified atom stereocenters. The molecule has 1 saturated heterocycles. The molecule has 1 aliphatic heterocycles. The van der Waals surface area contributed by atoms with Gasteiger partial charge in [-0.25, -0.2) is 9.97 Å². The van der Waals surface area contributed by atoms with Crippen LogP contribution in [-0.2, 0) is 12.8 Å². The zero-order valence-electron chi connectivity index (χ0n) is 18.7. The summed E-state index contributed by atoms with van der Waals surface area (Å²) in [5.41, 5.74) is 3.32. The minimum atomic E-state index is 0.343. The molecule has 1 aliphatic carbocycles. The number of rotatable bonds is 3. The molecule has 6 nitrogen and oxygen atoms in total. The fourth-order valence-corrected chi connectivity index (χ4v) is 6.44. The van der Waals surface area contributed by atoms with Crippen molar-refractivity contribution in [2.24, 2.45) is 5.92 Å². The van der Waals surface area contributed by atoms with Gasteiger partial charge < -0.3 is 14.9 Å². The Morgan fingerprint density at radius 2 is 1.82 bits per heavy atom. The third-order valence-corrected chi connectivity index (χ3v) is 8.01. The maximum Gasteiger partial charge on any atom is 0.164 e. The Morgan fingerprint density at radius 1 is 1.00 bits per heavy atom. The number of aromatic nitrogens is 3. The van der Waals surface area contributed by atoms with E-state index in [0.717, 1.165) is 72.7 Å². The monoisotopic (exact) mass is 457 g/mol. The Kier molecular flexibility index (Phi) is 5.14. The molecular weight excluding hydrogens is 430 g/mol. The van der Waals surface area contributed by atoms with Gasteiger partial charge in [-0.2, -0.15) is 0 Å². The van der Waals surface area contributed by atoms with E-state index < -0.39 is 0 Å². The molecule has 168 valence electrons.